The van der Waals surface area contributed by atoms with Crippen molar-refractivity contribution in [3.05, 3.63) is 65.0 Å². The third kappa shape index (κ3) is 4.52. The molecule has 0 aliphatic carbocycles. The molecule has 1 aliphatic heterocycles. The number of urea groups is 1. The number of fused-ring (bicyclic) bond motifs is 1. The molecule has 1 unspecified atom stereocenters. The van der Waals surface area contributed by atoms with Crippen LogP contribution in [0.1, 0.15) is 22.7 Å². The van der Waals surface area contributed by atoms with Gasteiger partial charge in [-0.15, -0.1) is 0 Å². The molecule has 0 fully saturated rings. The molecule has 2 aromatic rings. The average molecular weight is 357 g/mol. The van der Waals surface area contributed by atoms with E-state index in [1.165, 1.54) is 17.7 Å². The van der Waals surface area contributed by atoms with E-state index in [0.29, 0.717) is 13.1 Å². The number of halogens is 1. The lowest BCUT2D eigenvalue weighted by molar-refractivity contribution is 0.232. The summed E-state index contributed by atoms with van der Waals surface area (Å²) in [6, 6.07) is 12.1. The van der Waals surface area contributed by atoms with E-state index in [1.807, 2.05) is 26.2 Å². The molecule has 1 aliphatic rings. The van der Waals surface area contributed by atoms with E-state index in [4.69, 9.17) is 4.74 Å². The second-order valence-electron chi connectivity index (χ2n) is 6.64. The largest absolute Gasteiger partial charge is 0.493 e. The lowest BCUT2D eigenvalue weighted by Gasteiger charge is -2.25. The molecule has 6 heteroatoms. The molecule has 138 valence electrons. The number of nitrogens with one attached hydrogen (secondary N) is 2. The van der Waals surface area contributed by atoms with Gasteiger partial charge in [0, 0.05) is 19.5 Å². The van der Waals surface area contributed by atoms with E-state index in [1.54, 1.807) is 12.1 Å². The third-order valence-electron chi connectivity index (χ3n) is 4.54. The van der Waals surface area contributed by atoms with Crippen LogP contribution >= 0.6 is 0 Å². The highest BCUT2D eigenvalue weighted by atomic mass is 19.1. The molecule has 0 spiro atoms. The Balaban J connectivity index is 1.55. The van der Waals surface area contributed by atoms with Gasteiger partial charge in [0.15, 0.2) is 0 Å². The van der Waals surface area contributed by atoms with Crippen molar-refractivity contribution in [2.75, 3.05) is 27.2 Å². The maximum Gasteiger partial charge on any atom is 0.315 e. The van der Waals surface area contributed by atoms with Crippen molar-refractivity contribution < 1.29 is 13.9 Å². The third-order valence-corrected chi connectivity index (χ3v) is 4.54. The summed E-state index contributed by atoms with van der Waals surface area (Å²) < 4.78 is 18.5. The molecule has 0 aromatic heterocycles. The molecule has 0 radical (unpaired) electrons. The zero-order valence-corrected chi connectivity index (χ0v) is 15.1. The Bertz CT molecular complexity index is 762. The van der Waals surface area contributed by atoms with Crippen LogP contribution in [0.5, 0.6) is 5.75 Å². The van der Waals surface area contributed by atoms with Gasteiger partial charge in [-0.1, -0.05) is 24.3 Å². The summed E-state index contributed by atoms with van der Waals surface area (Å²) in [4.78, 5) is 14.2. The van der Waals surface area contributed by atoms with Crippen molar-refractivity contribution in [2.24, 2.45) is 0 Å². The Kier molecular flexibility index (Phi) is 5.73. The van der Waals surface area contributed by atoms with Gasteiger partial charge < -0.3 is 20.3 Å². The van der Waals surface area contributed by atoms with Gasteiger partial charge in [0.25, 0.3) is 0 Å². The van der Waals surface area contributed by atoms with E-state index in [9.17, 15) is 9.18 Å². The SMILES string of the molecule is CN(C)C(CNC(=O)NCc1ccc(F)cc1)c1ccc2c(c1)CCO2. The highest BCUT2D eigenvalue weighted by molar-refractivity contribution is 5.73. The highest BCUT2D eigenvalue weighted by Gasteiger charge is 2.19. The molecular weight excluding hydrogens is 333 g/mol. The molecule has 26 heavy (non-hydrogen) atoms. The van der Waals surface area contributed by atoms with Crippen LogP contribution in [0.25, 0.3) is 0 Å². The Morgan fingerprint density at radius 1 is 1.19 bits per heavy atom. The molecule has 0 saturated carbocycles. The number of hydrogen-bond donors (Lipinski definition) is 2. The standard InChI is InChI=1S/C20H24FN3O2/c1-24(2)18(15-5-8-19-16(11-15)9-10-26-19)13-23-20(25)22-12-14-3-6-17(21)7-4-14/h3-8,11,18H,9-10,12-13H2,1-2H3,(H2,22,23,25). The molecule has 3 rings (SSSR count). The van der Waals surface area contributed by atoms with Crippen molar-refractivity contribution in [3.8, 4) is 5.75 Å². The molecule has 2 N–H and O–H groups in total. The van der Waals surface area contributed by atoms with Crippen molar-refractivity contribution in [3.63, 3.8) is 0 Å². The van der Waals surface area contributed by atoms with Gasteiger partial charge >= 0.3 is 6.03 Å². The Morgan fingerprint density at radius 2 is 1.96 bits per heavy atom. The zero-order chi connectivity index (χ0) is 18.5. The van der Waals surface area contributed by atoms with Crippen LogP contribution in [-0.2, 0) is 13.0 Å². The fraction of sp³-hybridized carbons (Fsp3) is 0.350. The minimum atomic E-state index is -0.285. The summed E-state index contributed by atoms with van der Waals surface area (Å²) in [5, 5.41) is 5.71. The topological polar surface area (TPSA) is 53.6 Å². The van der Waals surface area contributed by atoms with Gasteiger partial charge in [-0.3, -0.25) is 0 Å². The maximum atomic E-state index is 12.9. The van der Waals surface area contributed by atoms with E-state index >= 15 is 0 Å². The molecule has 0 bridgehead atoms. The first-order chi connectivity index (χ1) is 12.5. The molecule has 5 nitrogen and oxygen atoms in total. The second kappa shape index (κ2) is 8.19. The van der Waals surface area contributed by atoms with Crippen LogP contribution in [0.2, 0.25) is 0 Å². The number of ether oxygens (including phenoxy) is 1. The van der Waals surface area contributed by atoms with Crippen LogP contribution in [0.3, 0.4) is 0 Å². The predicted octanol–water partition coefficient (Wildman–Crippen LogP) is 2.86. The fourth-order valence-corrected chi connectivity index (χ4v) is 3.05. The number of carbonyl (C=O) groups is 1. The van der Waals surface area contributed by atoms with Gasteiger partial charge in [-0.05, 0) is 49.0 Å². The maximum absolute atomic E-state index is 12.9. The van der Waals surface area contributed by atoms with E-state index in [0.717, 1.165) is 29.9 Å². The molecule has 1 atom stereocenters. The molecule has 1 heterocycles. The van der Waals surface area contributed by atoms with Crippen molar-refractivity contribution in [1.29, 1.82) is 0 Å². The summed E-state index contributed by atoms with van der Waals surface area (Å²) in [6.07, 6.45) is 0.926. The van der Waals surface area contributed by atoms with Crippen LogP contribution < -0.4 is 15.4 Å². The van der Waals surface area contributed by atoms with Gasteiger partial charge in [-0.2, -0.15) is 0 Å². The van der Waals surface area contributed by atoms with Gasteiger partial charge in [0.05, 0.1) is 12.6 Å². The monoisotopic (exact) mass is 357 g/mol. The summed E-state index contributed by atoms with van der Waals surface area (Å²) in [6.45, 7) is 1.58. The van der Waals surface area contributed by atoms with Crippen LogP contribution in [-0.4, -0.2) is 38.2 Å². The highest BCUT2D eigenvalue weighted by Crippen LogP contribution is 2.29. The number of nitrogens with zero attached hydrogens (tertiary/aromatic N) is 1. The zero-order valence-electron chi connectivity index (χ0n) is 15.1. The first-order valence-electron chi connectivity index (χ1n) is 8.71. The first-order valence-corrected chi connectivity index (χ1v) is 8.71. The quantitative estimate of drug-likeness (QED) is 0.836. The normalized spacial score (nSPS) is 13.8. The summed E-state index contributed by atoms with van der Waals surface area (Å²) in [5.74, 6) is 0.669. The van der Waals surface area contributed by atoms with Gasteiger partial charge in [0.1, 0.15) is 11.6 Å². The smallest absolute Gasteiger partial charge is 0.315 e. The lowest BCUT2D eigenvalue weighted by atomic mass is 10.0. The number of likely N-dealkylation sites (N-methyl/N-ethyl adjacent to an activating group) is 1. The van der Waals surface area contributed by atoms with E-state index in [-0.39, 0.29) is 17.9 Å². The van der Waals surface area contributed by atoms with Crippen LogP contribution in [0.15, 0.2) is 42.5 Å². The summed E-state index contributed by atoms with van der Waals surface area (Å²) in [7, 11) is 3.99. The van der Waals surface area contributed by atoms with Crippen LogP contribution in [0.4, 0.5) is 9.18 Å². The summed E-state index contributed by atoms with van der Waals surface area (Å²) >= 11 is 0. The van der Waals surface area contributed by atoms with E-state index < -0.39 is 0 Å². The van der Waals surface area contributed by atoms with Gasteiger partial charge in [0.2, 0.25) is 0 Å². The number of benzene rings is 2. The van der Waals surface area contributed by atoms with Crippen molar-refractivity contribution >= 4 is 6.03 Å². The molecule has 2 aromatic carbocycles. The number of carbonyl (C=O) groups excluding carboxylic acids is 1. The minimum absolute atomic E-state index is 0.0671. The number of hydrogen-bond acceptors (Lipinski definition) is 3. The first kappa shape index (κ1) is 18.2. The molecular formula is C20H24FN3O2. The van der Waals surface area contributed by atoms with Gasteiger partial charge in [-0.25, -0.2) is 9.18 Å². The molecule has 0 saturated heterocycles. The number of amides is 2. The summed E-state index contributed by atoms with van der Waals surface area (Å²) in [5.41, 5.74) is 3.22. The Labute approximate surface area is 153 Å². The minimum Gasteiger partial charge on any atom is -0.493 e. The Hall–Kier alpha value is -2.60. The van der Waals surface area contributed by atoms with E-state index in [2.05, 4.69) is 21.6 Å². The predicted molar refractivity (Wildman–Crippen MR) is 98.7 cm³/mol. The average Bonchev–Trinajstić information content (AvgIpc) is 3.09. The second-order valence-corrected chi connectivity index (χ2v) is 6.64. The van der Waals surface area contributed by atoms with Crippen molar-refractivity contribution in [2.45, 2.75) is 19.0 Å². The molecule has 2 amide bonds. The Morgan fingerprint density at radius 3 is 2.69 bits per heavy atom. The lowest BCUT2D eigenvalue weighted by Crippen LogP contribution is -2.40. The fourth-order valence-electron chi connectivity index (χ4n) is 3.05. The van der Waals surface area contributed by atoms with Crippen molar-refractivity contribution in [1.82, 2.24) is 15.5 Å². The number of rotatable bonds is 6. The van der Waals surface area contributed by atoms with Crippen LogP contribution in [0, 0.1) is 5.82 Å².